The molecule has 0 amide bonds. The van der Waals surface area contributed by atoms with Crippen LogP contribution in [0.2, 0.25) is 0 Å². The third kappa shape index (κ3) is 3.81. The minimum Gasteiger partial charge on any atom is -0.496 e. The van der Waals surface area contributed by atoms with Crippen LogP contribution in [0.25, 0.3) is 5.57 Å². The van der Waals surface area contributed by atoms with Crippen LogP contribution in [0.15, 0.2) is 54.6 Å². The van der Waals surface area contributed by atoms with Crippen molar-refractivity contribution in [2.75, 3.05) is 7.11 Å². The van der Waals surface area contributed by atoms with Crippen molar-refractivity contribution in [1.29, 1.82) is 0 Å². The molecule has 0 radical (unpaired) electrons. The first-order valence-corrected chi connectivity index (χ1v) is 9.71. The topological polar surface area (TPSA) is 12.5 Å². The minimum atomic E-state index is -4.37. The molecule has 1 saturated heterocycles. The van der Waals surface area contributed by atoms with E-state index in [9.17, 15) is 13.2 Å². The van der Waals surface area contributed by atoms with E-state index in [2.05, 4.69) is 35.2 Å². The molecule has 2 unspecified atom stereocenters. The molecular formula is C23H24F3NO. The molecule has 0 aliphatic carbocycles. The quantitative estimate of drug-likeness (QED) is 0.645. The summed E-state index contributed by atoms with van der Waals surface area (Å²) in [7, 11) is 1.44. The standard InChI is InChI=1S/C23H24F3NO/c1-28-22-14-18(23(24,25)26)10-11-21(22)17-12-19-8-5-9-20(13-17)27(19)15-16-6-3-2-4-7-16/h2-4,6-7,10-12,14,19-20H,5,8-9,13,15H2,1H3. The summed E-state index contributed by atoms with van der Waals surface area (Å²) in [5.74, 6) is 0.302. The molecule has 2 heterocycles. The van der Waals surface area contributed by atoms with Gasteiger partial charge in [-0.1, -0.05) is 48.9 Å². The zero-order valence-electron chi connectivity index (χ0n) is 15.9. The Morgan fingerprint density at radius 3 is 2.54 bits per heavy atom. The monoisotopic (exact) mass is 387 g/mol. The fourth-order valence-corrected chi connectivity index (χ4v) is 4.49. The Kier molecular flexibility index (Phi) is 5.19. The normalized spacial score (nSPS) is 22.6. The Morgan fingerprint density at radius 1 is 1.07 bits per heavy atom. The van der Waals surface area contributed by atoms with Crippen LogP contribution in [0.5, 0.6) is 5.75 Å². The maximum Gasteiger partial charge on any atom is 0.416 e. The number of rotatable bonds is 4. The number of hydrogen-bond acceptors (Lipinski definition) is 2. The number of fused-ring (bicyclic) bond motifs is 2. The Hall–Kier alpha value is -2.27. The van der Waals surface area contributed by atoms with E-state index in [-0.39, 0.29) is 0 Å². The van der Waals surface area contributed by atoms with Gasteiger partial charge in [-0.3, -0.25) is 4.90 Å². The smallest absolute Gasteiger partial charge is 0.416 e. The molecule has 2 aromatic carbocycles. The zero-order chi connectivity index (χ0) is 19.7. The first-order chi connectivity index (χ1) is 13.5. The average molecular weight is 387 g/mol. The van der Waals surface area contributed by atoms with E-state index in [1.54, 1.807) is 6.07 Å². The first kappa shape index (κ1) is 19.1. The second-order valence-electron chi connectivity index (χ2n) is 7.62. The molecule has 2 nitrogen and oxygen atoms in total. The van der Waals surface area contributed by atoms with Crippen LogP contribution in [0, 0.1) is 0 Å². The molecule has 0 aromatic heterocycles. The van der Waals surface area contributed by atoms with Gasteiger partial charge in [0.1, 0.15) is 5.75 Å². The van der Waals surface area contributed by atoms with E-state index in [0.29, 0.717) is 17.8 Å². The lowest BCUT2D eigenvalue weighted by Crippen LogP contribution is -2.47. The van der Waals surface area contributed by atoms with E-state index in [0.717, 1.165) is 49.1 Å². The highest BCUT2D eigenvalue weighted by Crippen LogP contribution is 2.42. The van der Waals surface area contributed by atoms with Crippen molar-refractivity contribution in [3.8, 4) is 5.75 Å². The Morgan fingerprint density at radius 2 is 1.86 bits per heavy atom. The third-order valence-corrected chi connectivity index (χ3v) is 5.86. The fraction of sp³-hybridized carbons (Fsp3) is 0.391. The summed E-state index contributed by atoms with van der Waals surface area (Å²) < 4.78 is 44.5. The summed E-state index contributed by atoms with van der Waals surface area (Å²) >= 11 is 0. The number of benzene rings is 2. The van der Waals surface area contributed by atoms with Crippen LogP contribution >= 0.6 is 0 Å². The van der Waals surface area contributed by atoms with Gasteiger partial charge in [-0.2, -0.15) is 13.2 Å². The summed E-state index contributed by atoms with van der Waals surface area (Å²) in [6.07, 6.45) is 2.10. The van der Waals surface area contributed by atoms with Gasteiger partial charge in [0.15, 0.2) is 0 Å². The van der Waals surface area contributed by atoms with E-state index >= 15 is 0 Å². The number of piperidine rings is 1. The fourth-order valence-electron chi connectivity index (χ4n) is 4.49. The van der Waals surface area contributed by atoms with Crippen molar-refractivity contribution >= 4 is 5.57 Å². The zero-order valence-corrected chi connectivity index (χ0v) is 15.9. The molecule has 148 valence electrons. The second-order valence-corrected chi connectivity index (χ2v) is 7.62. The molecule has 5 heteroatoms. The molecule has 2 aliphatic rings. The van der Waals surface area contributed by atoms with Gasteiger partial charge < -0.3 is 4.74 Å². The molecule has 0 N–H and O–H groups in total. The molecule has 2 aliphatic heterocycles. The Labute approximate surface area is 163 Å². The lowest BCUT2D eigenvalue weighted by molar-refractivity contribution is -0.137. The molecule has 2 atom stereocenters. The summed E-state index contributed by atoms with van der Waals surface area (Å²) in [6.45, 7) is 0.907. The lowest BCUT2D eigenvalue weighted by atomic mass is 9.82. The maximum absolute atomic E-state index is 13.0. The van der Waals surface area contributed by atoms with Gasteiger partial charge in [0, 0.05) is 24.2 Å². The largest absolute Gasteiger partial charge is 0.496 e. The molecule has 2 bridgehead atoms. The van der Waals surface area contributed by atoms with Gasteiger partial charge in [0.05, 0.1) is 12.7 Å². The summed E-state index contributed by atoms with van der Waals surface area (Å²) in [5, 5.41) is 0. The van der Waals surface area contributed by atoms with Gasteiger partial charge in [0.2, 0.25) is 0 Å². The van der Waals surface area contributed by atoms with Crippen molar-refractivity contribution < 1.29 is 17.9 Å². The van der Waals surface area contributed by atoms with Crippen molar-refractivity contribution in [2.45, 2.75) is 50.5 Å². The molecule has 0 saturated carbocycles. The number of halogens is 3. The van der Waals surface area contributed by atoms with Crippen molar-refractivity contribution in [3.05, 3.63) is 71.3 Å². The highest BCUT2D eigenvalue weighted by atomic mass is 19.4. The molecule has 2 aromatic rings. The van der Waals surface area contributed by atoms with Gasteiger partial charge >= 0.3 is 6.18 Å². The minimum absolute atomic E-state index is 0.302. The predicted octanol–water partition coefficient (Wildman–Crippen LogP) is 5.92. The van der Waals surface area contributed by atoms with E-state index in [4.69, 9.17) is 4.74 Å². The molecule has 0 spiro atoms. The van der Waals surface area contributed by atoms with Crippen LogP contribution < -0.4 is 4.74 Å². The second kappa shape index (κ2) is 7.63. The molecule has 28 heavy (non-hydrogen) atoms. The summed E-state index contributed by atoms with van der Waals surface area (Å²) in [5.41, 5.74) is 2.51. The van der Waals surface area contributed by atoms with Gasteiger partial charge in [-0.25, -0.2) is 0 Å². The van der Waals surface area contributed by atoms with Gasteiger partial charge in [0.25, 0.3) is 0 Å². The van der Waals surface area contributed by atoms with Gasteiger partial charge in [-0.05, 0) is 42.5 Å². The van der Waals surface area contributed by atoms with E-state index in [1.165, 1.54) is 19.1 Å². The number of ether oxygens (including phenoxy) is 1. The van der Waals surface area contributed by atoms with Crippen LogP contribution in [-0.4, -0.2) is 24.1 Å². The van der Waals surface area contributed by atoms with Crippen LogP contribution in [-0.2, 0) is 12.7 Å². The summed E-state index contributed by atoms with van der Waals surface area (Å²) in [4.78, 5) is 2.54. The van der Waals surface area contributed by atoms with E-state index in [1.807, 2.05) is 6.07 Å². The highest BCUT2D eigenvalue weighted by Gasteiger charge is 2.36. The SMILES string of the molecule is COc1cc(C(F)(F)F)ccc1C1=CC2CCCC(C1)N2Cc1ccccc1. The lowest BCUT2D eigenvalue weighted by Gasteiger charge is -2.45. The third-order valence-electron chi connectivity index (χ3n) is 5.86. The van der Waals surface area contributed by atoms with Crippen LogP contribution in [0.3, 0.4) is 0 Å². The predicted molar refractivity (Wildman–Crippen MR) is 104 cm³/mol. The highest BCUT2D eigenvalue weighted by molar-refractivity contribution is 5.73. The molecule has 4 rings (SSSR count). The molecule has 1 fully saturated rings. The first-order valence-electron chi connectivity index (χ1n) is 9.71. The number of methoxy groups -OCH3 is 1. The Balaban J connectivity index is 1.63. The molecular weight excluding hydrogens is 363 g/mol. The Bertz CT molecular complexity index is 860. The number of nitrogens with zero attached hydrogens (tertiary/aromatic N) is 1. The van der Waals surface area contributed by atoms with Crippen molar-refractivity contribution in [2.24, 2.45) is 0 Å². The van der Waals surface area contributed by atoms with Crippen molar-refractivity contribution in [1.82, 2.24) is 4.90 Å². The average Bonchev–Trinajstić information content (AvgIpc) is 2.67. The van der Waals surface area contributed by atoms with Crippen LogP contribution in [0.1, 0.15) is 42.4 Å². The summed E-state index contributed by atoms with van der Waals surface area (Å²) in [6, 6.07) is 15.0. The number of hydrogen-bond donors (Lipinski definition) is 0. The van der Waals surface area contributed by atoms with Crippen LogP contribution in [0.4, 0.5) is 13.2 Å². The maximum atomic E-state index is 13.0. The number of alkyl halides is 3. The van der Waals surface area contributed by atoms with Crippen molar-refractivity contribution in [3.63, 3.8) is 0 Å². The van der Waals surface area contributed by atoms with E-state index < -0.39 is 11.7 Å². The van der Waals surface area contributed by atoms with Gasteiger partial charge in [-0.15, -0.1) is 0 Å².